The summed E-state index contributed by atoms with van der Waals surface area (Å²) in [5, 5.41) is 14.0. The van der Waals surface area contributed by atoms with E-state index in [9.17, 15) is 14.9 Å². The van der Waals surface area contributed by atoms with E-state index in [2.05, 4.69) is 5.32 Å². The van der Waals surface area contributed by atoms with E-state index >= 15 is 0 Å². The van der Waals surface area contributed by atoms with Crippen LogP contribution < -0.4 is 11.1 Å². The zero-order chi connectivity index (χ0) is 15.5. The molecular weight excluding hydrogens is 260 g/mol. The van der Waals surface area contributed by atoms with E-state index in [0.717, 1.165) is 0 Å². The minimum absolute atomic E-state index is 0.0791. The van der Waals surface area contributed by atoms with Crippen LogP contribution >= 0.6 is 0 Å². The summed E-state index contributed by atoms with van der Waals surface area (Å²) in [4.78, 5) is 23.7. The molecule has 1 amide bonds. The van der Waals surface area contributed by atoms with Gasteiger partial charge in [0.15, 0.2) is 0 Å². The number of rotatable bonds is 6. The molecule has 0 fully saturated rings. The van der Waals surface area contributed by atoms with E-state index in [1.54, 1.807) is 0 Å². The first kappa shape index (κ1) is 15.9. The number of anilines is 1. The molecule has 7 heteroatoms. The van der Waals surface area contributed by atoms with Crippen molar-refractivity contribution in [3.63, 3.8) is 0 Å². The SMILES string of the molecule is CN(C)C(C)(C)CNc1cc(C(N)=O)ccc1[N+](=O)[O-]. The number of carbonyl (C=O) groups is 1. The zero-order valence-electron chi connectivity index (χ0n) is 12.1. The fourth-order valence-electron chi connectivity index (χ4n) is 1.46. The van der Waals surface area contributed by atoms with E-state index in [1.165, 1.54) is 18.2 Å². The van der Waals surface area contributed by atoms with Crippen molar-refractivity contribution >= 4 is 17.3 Å². The van der Waals surface area contributed by atoms with Gasteiger partial charge in [-0.25, -0.2) is 0 Å². The number of nitro groups is 1. The third-order valence-corrected chi connectivity index (χ3v) is 3.40. The largest absolute Gasteiger partial charge is 0.378 e. The molecular formula is C13H20N4O3. The molecule has 0 saturated heterocycles. The Labute approximate surface area is 117 Å². The highest BCUT2D eigenvalue weighted by molar-refractivity contribution is 5.94. The van der Waals surface area contributed by atoms with Crippen molar-refractivity contribution in [3.05, 3.63) is 33.9 Å². The van der Waals surface area contributed by atoms with Gasteiger partial charge in [-0.2, -0.15) is 0 Å². The van der Waals surface area contributed by atoms with Crippen molar-refractivity contribution < 1.29 is 9.72 Å². The first-order valence-corrected chi connectivity index (χ1v) is 6.14. The number of benzene rings is 1. The molecule has 1 rings (SSSR count). The Morgan fingerprint density at radius 2 is 2.05 bits per heavy atom. The van der Waals surface area contributed by atoms with Crippen LogP contribution in [-0.2, 0) is 0 Å². The van der Waals surface area contributed by atoms with Crippen LogP contribution in [0.4, 0.5) is 11.4 Å². The Bertz CT molecular complexity index is 526. The molecule has 0 heterocycles. The second-order valence-corrected chi connectivity index (χ2v) is 5.41. The van der Waals surface area contributed by atoms with Crippen molar-refractivity contribution in [3.8, 4) is 0 Å². The van der Waals surface area contributed by atoms with Gasteiger partial charge in [-0.3, -0.25) is 14.9 Å². The monoisotopic (exact) mass is 280 g/mol. The summed E-state index contributed by atoms with van der Waals surface area (Å²) in [6, 6.07) is 4.04. The molecule has 20 heavy (non-hydrogen) atoms. The van der Waals surface area contributed by atoms with Gasteiger partial charge in [-0.1, -0.05) is 0 Å². The molecule has 0 atom stereocenters. The van der Waals surface area contributed by atoms with Gasteiger partial charge in [0.25, 0.3) is 5.69 Å². The molecule has 0 radical (unpaired) electrons. The zero-order valence-corrected chi connectivity index (χ0v) is 12.1. The second kappa shape index (κ2) is 5.87. The summed E-state index contributed by atoms with van der Waals surface area (Å²) >= 11 is 0. The molecule has 0 unspecified atom stereocenters. The van der Waals surface area contributed by atoms with Gasteiger partial charge in [0.2, 0.25) is 5.91 Å². The first-order valence-electron chi connectivity index (χ1n) is 6.14. The van der Waals surface area contributed by atoms with E-state index in [1.807, 2.05) is 32.8 Å². The lowest BCUT2D eigenvalue weighted by atomic mass is 10.0. The lowest BCUT2D eigenvalue weighted by molar-refractivity contribution is -0.384. The van der Waals surface area contributed by atoms with Gasteiger partial charge < -0.3 is 16.0 Å². The number of hydrogen-bond acceptors (Lipinski definition) is 5. The van der Waals surface area contributed by atoms with Gasteiger partial charge >= 0.3 is 0 Å². The number of carbonyl (C=O) groups excluding carboxylic acids is 1. The Kier molecular flexibility index (Phi) is 4.67. The van der Waals surface area contributed by atoms with Crippen LogP contribution in [0.25, 0.3) is 0 Å². The second-order valence-electron chi connectivity index (χ2n) is 5.41. The number of nitrogens with two attached hydrogens (primary N) is 1. The standard InChI is InChI=1S/C13H20N4O3/c1-13(2,16(3)4)8-15-10-7-9(12(14)18)5-6-11(10)17(19)20/h5-7,15H,8H2,1-4H3,(H2,14,18). The molecule has 0 aliphatic rings. The van der Waals surface area contributed by atoms with Crippen LogP contribution in [0.1, 0.15) is 24.2 Å². The predicted molar refractivity (Wildman–Crippen MR) is 77.9 cm³/mol. The molecule has 3 N–H and O–H groups in total. The van der Waals surface area contributed by atoms with Gasteiger partial charge in [0.1, 0.15) is 5.69 Å². The fourth-order valence-corrected chi connectivity index (χ4v) is 1.46. The lowest BCUT2D eigenvalue weighted by Gasteiger charge is -2.33. The number of likely N-dealkylation sites (N-methyl/N-ethyl adjacent to an activating group) is 1. The maximum atomic E-state index is 11.2. The number of nitrogens with one attached hydrogen (secondary N) is 1. The van der Waals surface area contributed by atoms with Crippen molar-refractivity contribution in [2.45, 2.75) is 19.4 Å². The van der Waals surface area contributed by atoms with E-state index in [-0.39, 0.29) is 16.8 Å². The molecule has 0 aliphatic carbocycles. The third kappa shape index (κ3) is 3.67. The van der Waals surface area contributed by atoms with Crippen molar-refractivity contribution in [1.82, 2.24) is 4.90 Å². The van der Waals surface area contributed by atoms with Gasteiger partial charge in [0.05, 0.1) is 4.92 Å². The topological polar surface area (TPSA) is 102 Å². The summed E-state index contributed by atoms with van der Waals surface area (Å²) in [5.74, 6) is -0.616. The number of nitrogens with zero attached hydrogens (tertiary/aromatic N) is 2. The molecule has 0 bridgehead atoms. The maximum absolute atomic E-state index is 11.2. The smallest absolute Gasteiger partial charge is 0.292 e. The van der Waals surface area contributed by atoms with Gasteiger partial charge in [0, 0.05) is 23.7 Å². The van der Waals surface area contributed by atoms with Crippen molar-refractivity contribution in [2.75, 3.05) is 26.0 Å². The summed E-state index contributed by atoms with van der Waals surface area (Å²) in [6.07, 6.45) is 0. The lowest BCUT2D eigenvalue weighted by Crippen LogP contribution is -2.44. The molecule has 7 nitrogen and oxygen atoms in total. The molecule has 1 aromatic carbocycles. The van der Waals surface area contributed by atoms with Crippen molar-refractivity contribution in [1.29, 1.82) is 0 Å². The predicted octanol–water partition coefficient (Wildman–Crippen LogP) is 1.45. The van der Waals surface area contributed by atoms with Crippen LogP contribution in [0.2, 0.25) is 0 Å². The van der Waals surface area contributed by atoms with E-state index in [4.69, 9.17) is 5.73 Å². The number of amides is 1. The van der Waals surface area contributed by atoms with Crippen LogP contribution in [-0.4, -0.2) is 41.9 Å². The van der Waals surface area contributed by atoms with Crippen LogP contribution in [0.15, 0.2) is 18.2 Å². The highest BCUT2D eigenvalue weighted by Gasteiger charge is 2.22. The summed E-state index contributed by atoms with van der Waals surface area (Å²) in [7, 11) is 3.85. The highest BCUT2D eigenvalue weighted by Crippen LogP contribution is 2.26. The van der Waals surface area contributed by atoms with Gasteiger partial charge in [-0.15, -0.1) is 0 Å². The Balaban J connectivity index is 3.05. The molecule has 0 spiro atoms. The normalized spacial score (nSPS) is 11.4. The molecule has 110 valence electrons. The number of primary amides is 1. The molecule has 0 aromatic heterocycles. The Morgan fingerprint density at radius 3 is 2.50 bits per heavy atom. The Hall–Kier alpha value is -2.15. The Morgan fingerprint density at radius 1 is 1.45 bits per heavy atom. The summed E-state index contributed by atoms with van der Waals surface area (Å²) in [5.41, 5.74) is 5.45. The van der Waals surface area contributed by atoms with Gasteiger partial charge in [-0.05, 0) is 40.1 Å². The minimum atomic E-state index is -0.616. The number of nitro benzene ring substituents is 1. The first-order chi connectivity index (χ1) is 9.15. The summed E-state index contributed by atoms with van der Waals surface area (Å²) in [6.45, 7) is 4.50. The number of hydrogen-bond donors (Lipinski definition) is 2. The van der Waals surface area contributed by atoms with Crippen LogP contribution in [0, 0.1) is 10.1 Å². The van der Waals surface area contributed by atoms with E-state index in [0.29, 0.717) is 12.2 Å². The van der Waals surface area contributed by atoms with Crippen LogP contribution in [0.5, 0.6) is 0 Å². The quantitative estimate of drug-likeness (QED) is 0.606. The fraction of sp³-hybridized carbons (Fsp3) is 0.462. The van der Waals surface area contributed by atoms with Crippen LogP contribution in [0.3, 0.4) is 0 Å². The average Bonchev–Trinajstić information content (AvgIpc) is 2.35. The minimum Gasteiger partial charge on any atom is -0.378 e. The average molecular weight is 280 g/mol. The highest BCUT2D eigenvalue weighted by atomic mass is 16.6. The molecule has 0 saturated carbocycles. The molecule has 0 aliphatic heterocycles. The van der Waals surface area contributed by atoms with E-state index < -0.39 is 10.8 Å². The molecule has 1 aromatic rings. The maximum Gasteiger partial charge on any atom is 0.292 e. The summed E-state index contributed by atoms with van der Waals surface area (Å²) < 4.78 is 0. The third-order valence-electron chi connectivity index (χ3n) is 3.40. The van der Waals surface area contributed by atoms with Crippen molar-refractivity contribution in [2.24, 2.45) is 5.73 Å².